The van der Waals surface area contributed by atoms with Gasteiger partial charge in [-0.3, -0.25) is 4.79 Å². The Bertz CT molecular complexity index is 834. The number of rotatable bonds is 4. The Morgan fingerprint density at radius 2 is 1.76 bits per heavy atom. The van der Waals surface area contributed by atoms with Crippen LogP contribution in [-0.4, -0.2) is 17.7 Å². The van der Waals surface area contributed by atoms with Gasteiger partial charge in [0.15, 0.2) is 5.17 Å². The standard InChI is InChI=1S/C17H11F3N2O2S/c18-11-3-5-12(6-4-11)21-17-22-15(23)14(25-17)9-10-1-7-13(8-2-10)24-16(19)20/h1-9,16H,(H,21,22,23)/b14-9-. The number of hydrogen-bond donors (Lipinski definition) is 1. The third-order valence-corrected chi connectivity index (χ3v) is 4.02. The number of amides is 1. The van der Waals surface area contributed by atoms with E-state index in [2.05, 4.69) is 15.0 Å². The summed E-state index contributed by atoms with van der Waals surface area (Å²) in [7, 11) is 0. The molecule has 0 atom stereocenters. The van der Waals surface area contributed by atoms with Crippen molar-refractivity contribution < 1.29 is 22.7 Å². The number of alkyl halides is 2. The zero-order chi connectivity index (χ0) is 17.8. The molecule has 1 aliphatic rings. The molecular weight excluding hydrogens is 353 g/mol. The number of aliphatic imine (C=N–C) groups is 1. The predicted molar refractivity (Wildman–Crippen MR) is 90.3 cm³/mol. The SMILES string of the molecule is O=C1NC(=Nc2ccc(F)cc2)S/C1=C\c1ccc(OC(F)F)cc1. The van der Waals surface area contributed by atoms with Gasteiger partial charge in [-0.2, -0.15) is 8.78 Å². The molecule has 3 rings (SSSR count). The van der Waals surface area contributed by atoms with Crippen LogP contribution in [0.25, 0.3) is 6.08 Å². The molecule has 25 heavy (non-hydrogen) atoms. The summed E-state index contributed by atoms with van der Waals surface area (Å²) in [6, 6.07) is 11.5. The Labute approximate surface area is 145 Å². The number of thioether (sulfide) groups is 1. The van der Waals surface area contributed by atoms with Crippen LogP contribution in [0.4, 0.5) is 18.9 Å². The van der Waals surface area contributed by atoms with Crippen LogP contribution in [0.3, 0.4) is 0 Å². The summed E-state index contributed by atoms with van der Waals surface area (Å²) < 4.78 is 41.4. The zero-order valence-corrected chi connectivity index (χ0v) is 13.4. The van der Waals surface area contributed by atoms with E-state index in [4.69, 9.17) is 0 Å². The van der Waals surface area contributed by atoms with Crippen LogP contribution in [0.2, 0.25) is 0 Å². The van der Waals surface area contributed by atoms with E-state index in [1.54, 1.807) is 18.2 Å². The first kappa shape index (κ1) is 17.1. The van der Waals surface area contributed by atoms with Crippen LogP contribution >= 0.6 is 11.8 Å². The summed E-state index contributed by atoms with van der Waals surface area (Å²) in [5.74, 6) is -0.648. The highest BCUT2D eigenvalue weighted by Crippen LogP contribution is 2.28. The van der Waals surface area contributed by atoms with Crippen molar-refractivity contribution in [2.75, 3.05) is 0 Å². The van der Waals surface area contributed by atoms with Gasteiger partial charge >= 0.3 is 6.61 Å². The van der Waals surface area contributed by atoms with Crippen LogP contribution < -0.4 is 10.1 Å². The van der Waals surface area contributed by atoms with E-state index in [0.29, 0.717) is 21.3 Å². The molecule has 0 bridgehead atoms. The molecule has 4 nitrogen and oxygen atoms in total. The molecule has 1 amide bonds. The maximum Gasteiger partial charge on any atom is 0.387 e. The Kier molecular flexibility index (Phi) is 5.08. The topological polar surface area (TPSA) is 50.7 Å². The Hall–Kier alpha value is -2.74. The molecule has 0 radical (unpaired) electrons. The fourth-order valence-corrected chi connectivity index (χ4v) is 2.85. The summed E-state index contributed by atoms with van der Waals surface area (Å²) in [4.78, 5) is 16.6. The molecule has 0 aromatic heterocycles. The van der Waals surface area contributed by atoms with E-state index in [1.165, 1.54) is 36.4 Å². The summed E-state index contributed by atoms with van der Waals surface area (Å²) in [6.07, 6.45) is 1.61. The highest BCUT2D eigenvalue weighted by Gasteiger charge is 2.23. The van der Waals surface area contributed by atoms with Crippen LogP contribution in [0, 0.1) is 5.82 Å². The molecule has 0 spiro atoms. The van der Waals surface area contributed by atoms with Crippen LogP contribution in [0.5, 0.6) is 5.75 Å². The minimum Gasteiger partial charge on any atom is -0.435 e. The van der Waals surface area contributed by atoms with E-state index < -0.39 is 6.61 Å². The maximum absolute atomic E-state index is 12.9. The highest BCUT2D eigenvalue weighted by atomic mass is 32.2. The van der Waals surface area contributed by atoms with Crippen molar-refractivity contribution in [3.8, 4) is 5.75 Å². The summed E-state index contributed by atoms with van der Waals surface area (Å²) in [5.41, 5.74) is 1.17. The second-order valence-corrected chi connectivity index (χ2v) is 5.94. The lowest BCUT2D eigenvalue weighted by Gasteiger charge is -2.03. The molecule has 2 aromatic carbocycles. The van der Waals surface area contributed by atoms with Crippen molar-refractivity contribution in [2.45, 2.75) is 6.61 Å². The van der Waals surface area contributed by atoms with Crippen molar-refractivity contribution in [3.05, 3.63) is 64.8 Å². The lowest BCUT2D eigenvalue weighted by molar-refractivity contribution is -0.115. The predicted octanol–water partition coefficient (Wildman–Crippen LogP) is 4.32. The summed E-state index contributed by atoms with van der Waals surface area (Å²) in [5, 5.41) is 2.99. The number of benzene rings is 2. The minimum absolute atomic E-state index is 0.0410. The second-order valence-electron chi connectivity index (χ2n) is 4.91. The van der Waals surface area contributed by atoms with E-state index >= 15 is 0 Å². The zero-order valence-electron chi connectivity index (χ0n) is 12.6. The molecule has 128 valence electrons. The molecule has 1 N–H and O–H groups in total. The first-order chi connectivity index (χ1) is 12.0. The first-order valence-electron chi connectivity index (χ1n) is 7.09. The van der Waals surface area contributed by atoms with E-state index in [9.17, 15) is 18.0 Å². The number of hydrogen-bond acceptors (Lipinski definition) is 4. The average molecular weight is 364 g/mol. The van der Waals surface area contributed by atoms with Gasteiger partial charge in [0, 0.05) is 0 Å². The molecular formula is C17H11F3N2O2S. The largest absolute Gasteiger partial charge is 0.435 e. The number of amidine groups is 1. The van der Waals surface area contributed by atoms with Gasteiger partial charge in [-0.1, -0.05) is 12.1 Å². The smallest absolute Gasteiger partial charge is 0.387 e. The normalized spacial score (nSPS) is 17.4. The molecule has 1 heterocycles. The average Bonchev–Trinajstić information content (AvgIpc) is 2.90. The van der Waals surface area contributed by atoms with E-state index in [1.807, 2.05) is 0 Å². The molecule has 1 aliphatic heterocycles. The number of carbonyl (C=O) groups excluding carboxylic acids is 1. The van der Waals surface area contributed by atoms with E-state index in [-0.39, 0.29) is 17.5 Å². The second kappa shape index (κ2) is 7.43. The Morgan fingerprint density at radius 3 is 2.40 bits per heavy atom. The number of ether oxygens (including phenoxy) is 1. The van der Waals surface area contributed by atoms with Crippen molar-refractivity contribution >= 4 is 34.6 Å². The van der Waals surface area contributed by atoms with Gasteiger partial charge < -0.3 is 10.1 Å². The number of nitrogens with zero attached hydrogens (tertiary/aromatic N) is 1. The third-order valence-electron chi connectivity index (χ3n) is 3.11. The summed E-state index contributed by atoms with van der Waals surface area (Å²) in [6.45, 7) is -2.88. The van der Waals surface area contributed by atoms with E-state index in [0.717, 1.165) is 11.8 Å². The van der Waals surface area contributed by atoms with Gasteiger partial charge in [-0.15, -0.1) is 0 Å². The number of nitrogens with one attached hydrogen (secondary N) is 1. The lowest BCUT2D eigenvalue weighted by Crippen LogP contribution is -2.19. The Balaban J connectivity index is 1.73. The summed E-state index contributed by atoms with van der Waals surface area (Å²) >= 11 is 1.13. The minimum atomic E-state index is -2.88. The molecule has 2 aromatic rings. The first-order valence-corrected chi connectivity index (χ1v) is 7.91. The van der Waals surface area contributed by atoms with Crippen LogP contribution in [0.1, 0.15) is 5.56 Å². The van der Waals surface area contributed by atoms with Gasteiger partial charge in [0.25, 0.3) is 5.91 Å². The van der Waals surface area contributed by atoms with Gasteiger partial charge in [0.2, 0.25) is 0 Å². The molecule has 0 aliphatic carbocycles. The quantitative estimate of drug-likeness (QED) is 0.822. The van der Waals surface area contributed by atoms with Crippen LogP contribution in [-0.2, 0) is 4.79 Å². The van der Waals surface area contributed by atoms with Gasteiger partial charge in [-0.25, -0.2) is 9.38 Å². The fraction of sp³-hybridized carbons (Fsp3) is 0.0588. The van der Waals surface area contributed by atoms with Crippen molar-refractivity contribution in [2.24, 2.45) is 4.99 Å². The molecule has 8 heteroatoms. The van der Waals surface area contributed by atoms with Gasteiger partial charge in [-0.05, 0) is 59.8 Å². The van der Waals surface area contributed by atoms with Crippen molar-refractivity contribution in [1.82, 2.24) is 5.32 Å². The van der Waals surface area contributed by atoms with Gasteiger partial charge in [0.1, 0.15) is 11.6 Å². The third kappa shape index (κ3) is 4.63. The number of halogens is 3. The van der Waals surface area contributed by atoms with Gasteiger partial charge in [0.05, 0.1) is 10.6 Å². The molecule has 1 saturated heterocycles. The highest BCUT2D eigenvalue weighted by molar-refractivity contribution is 8.18. The van der Waals surface area contributed by atoms with Crippen LogP contribution in [0.15, 0.2) is 58.4 Å². The molecule has 0 saturated carbocycles. The molecule has 0 unspecified atom stereocenters. The van der Waals surface area contributed by atoms with Crippen molar-refractivity contribution in [1.29, 1.82) is 0 Å². The maximum atomic E-state index is 12.9. The molecule has 1 fully saturated rings. The Morgan fingerprint density at radius 1 is 1.08 bits per heavy atom. The fourth-order valence-electron chi connectivity index (χ4n) is 2.01. The lowest BCUT2D eigenvalue weighted by atomic mass is 10.2. The monoisotopic (exact) mass is 364 g/mol. The van der Waals surface area contributed by atoms with Crippen molar-refractivity contribution in [3.63, 3.8) is 0 Å². The number of carbonyl (C=O) groups is 1.